The molecule has 4 aromatic rings. The molecule has 4 aromatic heterocycles. The molecule has 9 nitrogen and oxygen atoms in total. The fourth-order valence-electron chi connectivity index (χ4n) is 3.06. The van der Waals surface area contributed by atoms with Gasteiger partial charge in [-0.15, -0.1) is 0 Å². The van der Waals surface area contributed by atoms with Crippen LogP contribution in [0.2, 0.25) is 0 Å². The summed E-state index contributed by atoms with van der Waals surface area (Å²) in [6, 6.07) is 5.01. The second-order valence-corrected chi connectivity index (χ2v) is 7.48. The molecule has 0 unspecified atom stereocenters. The lowest BCUT2D eigenvalue weighted by atomic mass is 10.2. The first-order valence-corrected chi connectivity index (χ1v) is 9.64. The van der Waals surface area contributed by atoms with Gasteiger partial charge in [-0.25, -0.2) is 24.9 Å². The van der Waals surface area contributed by atoms with Crippen LogP contribution in [-0.4, -0.2) is 49.5 Å². The van der Waals surface area contributed by atoms with Gasteiger partial charge in [0, 0.05) is 75.8 Å². The van der Waals surface area contributed by atoms with Crippen molar-refractivity contribution in [3.05, 3.63) is 48.8 Å². The molecule has 0 aliphatic carbocycles. The van der Waals surface area contributed by atoms with Crippen molar-refractivity contribution < 1.29 is 13.6 Å². The number of fused-ring (bicyclic) bond motifs is 1. The summed E-state index contributed by atoms with van der Waals surface area (Å²) in [5.41, 5.74) is 1.37. The van der Waals surface area contributed by atoms with Gasteiger partial charge in [-0.3, -0.25) is 4.79 Å². The zero-order valence-electron chi connectivity index (χ0n) is 17.8. The zero-order valence-corrected chi connectivity index (χ0v) is 17.8. The molecule has 0 saturated heterocycles. The van der Waals surface area contributed by atoms with Crippen molar-refractivity contribution in [1.82, 2.24) is 29.5 Å². The number of rotatable bonds is 5. The monoisotopic (exact) mass is 438 g/mol. The maximum atomic E-state index is 14.2. The van der Waals surface area contributed by atoms with Crippen LogP contribution >= 0.6 is 0 Å². The van der Waals surface area contributed by atoms with Crippen molar-refractivity contribution in [2.24, 2.45) is 0 Å². The first-order chi connectivity index (χ1) is 15.1. The van der Waals surface area contributed by atoms with E-state index in [2.05, 4.69) is 30.2 Å². The highest BCUT2D eigenvalue weighted by Crippen LogP contribution is 2.29. The van der Waals surface area contributed by atoms with E-state index in [-0.39, 0.29) is 17.4 Å². The number of aromatic nitrogens is 6. The molecule has 0 aliphatic rings. The van der Waals surface area contributed by atoms with Crippen LogP contribution in [-0.2, 0) is 10.7 Å². The van der Waals surface area contributed by atoms with E-state index in [1.807, 2.05) is 0 Å². The molecular weight excluding hydrogens is 418 g/mol. The van der Waals surface area contributed by atoms with Gasteiger partial charge in [-0.1, -0.05) is 0 Å². The molecule has 11 heteroatoms. The number of anilines is 2. The third kappa shape index (κ3) is 4.22. The summed E-state index contributed by atoms with van der Waals surface area (Å²) < 4.78 is 30.1. The number of alkyl halides is 2. The van der Waals surface area contributed by atoms with Crippen molar-refractivity contribution >= 4 is 28.6 Å². The second-order valence-electron chi connectivity index (χ2n) is 7.48. The standard InChI is InChI=1S/C21H20F2N8O/c1-12(32)27-17-8-16-13(9-24-17)5-6-31(16)18-7-15(28-19(29-18)21(2,22)23)14-10-25-20(26-11-14)30(3)4/h5-11H,1-4H3,(H,24,27,32). The lowest BCUT2D eigenvalue weighted by Gasteiger charge is -2.14. The van der Waals surface area contributed by atoms with E-state index in [4.69, 9.17) is 0 Å². The van der Waals surface area contributed by atoms with Crippen molar-refractivity contribution in [1.29, 1.82) is 0 Å². The first-order valence-electron chi connectivity index (χ1n) is 9.64. The van der Waals surface area contributed by atoms with E-state index in [0.717, 1.165) is 12.3 Å². The second kappa shape index (κ2) is 7.91. The van der Waals surface area contributed by atoms with Crippen molar-refractivity contribution in [3.63, 3.8) is 0 Å². The van der Waals surface area contributed by atoms with E-state index < -0.39 is 11.7 Å². The zero-order chi connectivity index (χ0) is 23.0. The Kier molecular flexibility index (Phi) is 5.25. The summed E-state index contributed by atoms with van der Waals surface area (Å²) in [7, 11) is 3.60. The Morgan fingerprint density at radius 2 is 1.81 bits per heavy atom. The summed E-state index contributed by atoms with van der Waals surface area (Å²) in [5.74, 6) is -3.10. The highest BCUT2D eigenvalue weighted by molar-refractivity contribution is 5.91. The number of pyridine rings is 1. The molecule has 0 fully saturated rings. The van der Waals surface area contributed by atoms with Crippen LogP contribution in [0.25, 0.3) is 28.0 Å². The molecule has 4 rings (SSSR count). The van der Waals surface area contributed by atoms with Gasteiger partial charge in [0.25, 0.3) is 0 Å². The van der Waals surface area contributed by atoms with Gasteiger partial charge < -0.3 is 14.8 Å². The minimum absolute atomic E-state index is 0.234. The molecule has 164 valence electrons. The van der Waals surface area contributed by atoms with Gasteiger partial charge in [-0.05, 0) is 6.07 Å². The van der Waals surface area contributed by atoms with Crippen LogP contribution in [0.5, 0.6) is 0 Å². The normalized spacial score (nSPS) is 11.6. The third-order valence-electron chi connectivity index (χ3n) is 4.56. The number of nitrogens with zero attached hydrogens (tertiary/aromatic N) is 7. The van der Waals surface area contributed by atoms with Crippen LogP contribution < -0.4 is 10.2 Å². The van der Waals surface area contributed by atoms with Gasteiger partial charge in [0.05, 0.1) is 11.2 Å². The molecule has 0 bridgehead atoms. The van der Waals surface area contributed by atoms with Gasteiger partial charge in [-0.2, -0.15) is 8.78 Å². The van der Waals surface area contributed by atoms with E-state index in [1.165, 1.54) is 19.3 Å². The Morgan fingerprint density at radius 3 is 2.44 bits per heavy atom. The third-order valence-corrected chi connectivity index (χ3v) is 4.56. The molecule has 4 heterocycles. The minimum Gasteiger partial charge on any atom is -0.347 e. The molecule has 0 aromatic carbocycles. The molecule has 1 N–H and O–H groups in total. The number of carbonyl (C=O) groups is 1. The van der Waals surface area contributed by atoms with Crippen molar-refractivity contribution in [2.75, 3.05) is 24.3 Å². The number of amides is 1. The average molecular weight is 438 g/mol. The van der Waals surface area contributed by atoms with E-state index in [1.54, 1.807) is 54.2 Å². The first kappa shape index (κ1) is 21.2. The maximum absolute atomic E-state index is 14.2. The topological polar surface area (TPSA) is 102 Å². The number of hydrogen-bond acceptors (Lipinski definition) is 7. The largest absolute Gasteiger partial charge is 0.347 e. The van der Waals surface area contributed by atoms with Crippen molar-refractivity contribution in [2.45, 2.75) is 19.8 Å². The van der Waals surface area contributed by atoms with Gasteiger partial charge in [0.15, 0.2) is 0 Å². The fraction of sp³-hybridized carbons (Fsp3) is 0.238. The number of nitrogens with one attached hydrogen (secondary N) is 1. The molecule has 0 saturated carbocycles. The van der Waals surface area contributed by atoms with E-state index >= 15 is 0 Å². The quantitative estimate of drug-likeness (QED) is 0.509. The van der Waals surface area contributed by atoms with E-state index in [0.29, 0.717) is 22.8 Å². The Hall–Kier alpha value is -4.02. The van der Waals surface area contributed by atoms with Crippen LogP contribution in [0.15, 0.2) is 43.0 Å². The average Bonchev–Trinajstić information content (AvgIpc) is 3.15. The molecule has 0 spiro atoms. The predicted molar refractivity (Wildman–Crippen MR) is 116 cm³/mol. The molecule has 32 heavy (non-hydrogen) atoms. The van der Waals surface area contributed by atoms with Crippen LogP contribution in [0.4, 0.5) is 20.5 Å². The Labute approximate surface area is 182 Å². The highest BCUT2D eigenvalue weighted by Gasteiger charge is 2.30. The number of halogens is 2. The molecule has 0 atom stereocenters. The summed E-state index contributed by atoms with van der Waals surface area (Å²) in [6.45, 7) is 2.12. The predicted octanol–water partition coefficient (Wildman–Crippen LogP) is 3.41. The molecule has 1 amide bonds. The van der Waals surface area contributed by atoms with Crippen LogP contribution in [0.3, 0.4) is 0 Å². The molecular formula is C21H20F2N8O. The SMILES string of the molecule is CC(=O)Nc1cc2c(ccn2-c2cc(-c3cnc(N(C)C)nc3)nc(C(C)(F)F)n2)cn1. The molecule has 0 radical (unpaired) electrons. The van der Waals surface area contributed by atoms with E-state index in [9.17, 15) is 13.6 Å². The summed E-state index contributed by atoms with van der Waals surface area (Å²) in [4.78, 5) is 33.9. The summed E-state index contributed by atoms with van der Waals surface area (Å²) in [5, 5.41) is 3.37. The Morgan fingerprint density at radius 1 is 1.09 bits per heavy atom. The lowest BCUT2D eigenvalue weighted by Crippen LogP contribution is -2.15. The Balaban J connectivity index is 1.87. The number of hydrogen-bond donors (Lipinski definition) is 1. The highest BCUT2D eigenvalue weighted by atomic mass is 19.3. The lowest BCUT2D eigenvalue weighted by molar-refractivity contribution is -0.114. The fourth-order valence-corrected chi connectivity index (χ4v) is 3.06. The Bertz CT molecular complexity index is 1300. The maximum Gasteiger partial charge on any atom is 0.303 e. The molecule has 0 aliphatic heterocycles. The summed E-state index contributed by atoms with van der Waals surface area (Å²) >= 11 is 0. The van der Waals surface area contributed by atoms with Crippen LogP contribution in [0.1, 0.15) is 19.7 Å². The summed E-state index contributed by atoms with van der Waals surface area (Å²) in [6.07, 6.45) is 6.33. The van der Waals surface area contributed by atoms with Gasteiger partial charge >= 0.3 is 5.92 Å². The minimum atomic E-state index is -3.26. The van der Waals surface area contributed by atoms with Gasteiger partial charge in [0.2, 0.25) is 17.7 Å². The van der Waals surface area contributed by atoms with Crippen LogP contribution in [0, 0.1) is 0 Å². The van der Waals surface area contributed by atoms with Crippen molar-refractivity contribution in [3.8, 4) is 17.1 Å². The van der Waals surface area contributed by atoms with Gasteiger partial charge in [0.1, 0.15) is 11.6 Å². The smallest absolute Gasteiger partial charge is 0.303 e. The number of carbonyl (C=O) groups excluding carboxylic acids is 1.